The van der Waals surface area contributed by atoms with Gasteiger partial charge in [0.1, 0.15) is 5.75 Å². The van der Waals surface area contributed by atoms with E-state index < -0.39 is 0 Å². The van der Waals surface area contributed by atoms with Gasteiger partial charge < -0.3 is 10.1 Å². The summed E-state index contributed by atoms with van der Waals surface area (Å²) in [5.41, 5.74) is 4.13. The van der Waals surface area contributed by atoms with Crippen LogP contribution in [0, 0.1) is 19.8 Å². The zero-order valence-electron chi connectivity index (χ0n) is 17.6. The molecule has 29 heavy (non-hydrogen) atoms. The Balaban J connectivity index is 1.78. The number of methoxy groups -OCH3 is 1. The Kier molecular flexibility index (Phi) is 5.26. The summed E-state index contributed by atoms with van der Waals surface area (Å²) < 4.78 is 7.33. The van der Waals surface area contributed by atoms with Crippen LogP contribution in [0.25, 0.3) is 5.69 Å². The van der Waals surface area contributed by atoms with Gasteiger partial charge in [-0.05, 0) is 79.6 Å². The van der Waals surface area contributed by atoms with Crippen LogP contribution in [0.15, 0.2) is 42.5 Å². The van der Waals surface area contributed by atoms with Crippen molar-refractivity contribution in [3.63, 3.8) is 0 Å². The lowest BCUT2D eigenvalue weighted by Crippen LogP contribution is -2.41. The smallest absolute Gasteiger partial charge is 0.181 e. The van der Waals surface area contributed by atoms with Crippen molar-refractivity contribution in [1.82, 2.24) is 20.2 Å². The van der Waals surface area contributed by atoms with Gasteiger partial charge in [-0.25, -0.2) is 0 Å². The molecule has 1 N–H and O–H groups in total. The Labute approximate surface area is 172 Å². The molecule has 6 nitrogen and oxygen atoms in total. The van der Waals surface area contributed by atoms with Crippen molar-refractivity contribution < 1.29 is 4.74 Å². The molecule has 0 amide bonds. The van der Waals surface area contributed by atoms with E-state index in [1.807, 2.05) is 22.9 Å². The van der Waals surface area contributed by atoms with E-state index in [4.69, 9.17) is 4.74 Å². The molecule has 0 radical (unpaired) electrons. The molecule has 1 aliphatic rings. The highest BCUT2D eigenvalue weighted by Gasteiger charge is 2.41. The van der Waals surface area contributed by atoms with E-state index >= 15 is 0 Å². The van der Waals surface area contributed by atoms with E-state index in [-0.39, 0.29) is 5.54 Å². The highest BCUT2D eigenvalue weighted by Crippen LogP contribution is 2.42. The largest absolute Gasteiger partial charge is 0.497 e. The highest BCUT2D eigenvalue weighted by atomic mass is 16.5. The summed E-state index contributed by atoms with van der Waals surface area (Å²) in [6.45, 7) is 6.53. The van der Waals surface area contributed by atoms with Gasteiger partial charge in [-0.15, -0.1) is 5.10 Å². The summed E-state index contributed by atoms with van der Waals surface area (Å²) in [5, 5.41) is 16.8. The molecule has 1 aliphatic carbocycles. The van der Waals surface area contributed by atoms with Gasteiger partial charge >= 0.3 is 0 Å². The molecule has 1 fully saturated rings. The third kappa shape index (κ3) is 3.84. The van der Waals surface area contributed by atoms with Gasteiger partial charge in [-0.3, -0.25) is 0 Å². The van der Waals surface area contributed by atoms with Gasteiger partial charge in [0, 0.05) is 11.8 Å². The van der Waals surface area contributed by atoms with Crippen LogP contribution in [-0.4, -0.2) is 27.3 Å². The molecule has 1 heterocycles. The predicted molar refractivity (Wildman–Crippen MR) is 115 cm³/mol. The second-order valence-electron chi connectivity index (χ2n) is 8.33. The number of nitrogens with zero attached hydrogens (tertiary/aromatic N) is 4. The maximum atomic E-state index is 5.42. The maximum Gasteiger partial charge on any atom is 0.181 e. The van der Waals surface area contributed by atoms with Gasteiger partial charge in [0.2, 0.25) is 0 Å². The molecule has 0 spiro atoms. The average molecular weight is 392 g/mol. The Morgan fingerprint density at radius 3 is 2.62 bits per heavy atom. The molecule has 6 heteroatoms. The van der Waals surface area contributed by atoms with Gasteiger partial charge in [-0.2, -0.15) is 4.68 Å². The quantitative estimate of drug-likeness (QED) is 0.676. The summed E-state index contributed by atoms with van der Waals surface area (Å²) in [6, 6.07) is 14.5. The molecular weight excluding hydrogens is 362 g/mol. The lowest BCUT2D eigenvalue weighted by Gasteiger charge is -2.39. The number of aryl methyl sites for hydroxylation is 2. The fourth-order valence-corrected chi connectivity index (χ4v) is 4.33. The van der Waals surface area contributed by atoms with Gasteiger partial charge in [0.15, 0.2) is 5.82 Å². The molecular formula is C23H29N5O. The van der Waals surface area contributed by atoms with Crippen molar-refractivity contribution in [1.29, 1.82) is 0 Å². The number of anilines is 1. The molecule has 0 saturated heterocycles. The van der Waals surface area contributed by atoms with Crippen molar-refractivity contribution in [2.45, 2.75) is 52.0 Å². The van der Waals surface area contributed by atoms with Crippen molar-refractivity contribution in [2.24, 2.45) is 5.92 Å². The molecule has 1 aromatic heterocycles. The monoisotopic (exact) mass is 391 g/mol. The van der Waals surface area contributed by atoms with Gasteiger partial charge in [-0.1, -0.05) is 30.7 Å². The van der Waals surface area contributed by atoms with Gasteiger partial charge in [0.05, 0.1) is 18.3 Å². The summed E-state index contributed by atoms with van der Waals surface area (Å²) in [7, 11) is 1.69. The zero-order chi connectivity index (χ0) is 20.4. The first-order valence-corrected chi connectivity index (χ1v) is 10.3. The number of hydrogen-bond acceptors (Lipinski definition) is 5. The summed E-state index contributed by atoms with van der Waals surface area (Å²) in [5.74, 6) is 2.42. The molecule has 2 aromatic carbocycles. The number of tetrazole rings is 1. The first kappa shape index (κ1) is 19.4. The number of hydrogen-bond donors (Lipinski definition) is 1. The molecule has 0 unspecified atom stereocenters. The fraction of sp³-hybridized carbons (Fsp3) is 0.435. The number of ether oxygens (including phenoxy) is 1. The van der Waals surface area contributed by atoms with E-state index in [1.165, 1.54) is 11.1 Å². The predicted octanol–water partition coefficient (Wildman–Crippen LogP) is 4.81. The second kappa shape index (κ2) is 7.85. The minimum atomic E-state index is -0.320. The Bertz CT molecular complexity index is 988. The fourth-order valence-electron chi connectivity index (χ4n) is 4.33. The standard InChI is InChI=1S/C23H29N5O/c1-16-10-12-23(13-11-16,24-19-6-5-7-20(15-19)29-4)22-25-26-27-28(22)21-9-8-17(2)14-18(21)3/h5-9,14-16,24H,10-13H2,1-4H3. The van der Waals surface area contributed by atoms with Crippen LogP contribution in [0.4, 0.5) is 5.69 Å². The maximum absolute atomic E-state index is 5.42. The average Bonchev–Trinajstić information content (AvgIpc) is 3.20. The van der Waals surface area contributed by atoms with Crippen molar-refractivity contribution in [2.75, 3.05) is 12.4 Å². The first-order valence-electron chi connectivity index (χ1n) is 10.3. The highest BCUT2D eigenvalue weighted by molar-refractivity contribution is 5.52. The molecule has 1 saturated carbocycles. The van der Waals surface area contributed by atoms with E-state index in [1.54, 1.807) is 7.11 Å². The normalized spacial score (nSPS) is 21.7. The number of rotatable bonds is 5. The van der Waals surface area contributed by atoms with Crippen LogP contribution in [-0.2, 0) is 5.54 Å². The molecule has 3 aromatic rings. The Morgan fingerprint density at radius 2 is 1.90 bits per heavy atom. The SMILES string of the molecule is COc1cccc(NC2(c3nnnn3-c3ccc(C)cc3C)CCC(C)CC2)c1. The van der Waals surface area contributed by atoms with E-state index in [0.29, 0.717) is 5.92 Å². The van der Waals surface area contributed by atoms with Crippen LogP contribution >= 0.6 is 0 Å². The minimum absolute atomic E-state index is 0.320. The van der Waals surface area contributed by atoms with Crippen LogP contribution in [0.3, 0.4) is 0 Å². The van der Waals surface area contributed by atoms with Crippen LogP contribution in [0.5, 0.6) is 5.75 Å². The lowest BCUT2D eigenvalue weighted by molar-refractivity contribution is 0.255. The first-order chi connectivity index (χ1) is 14.0. The lowest BCUT2D eigenvalue weighted by atomic mass is 9.76. The van der Waals surface area contributed by atoms with Crippen molar-refractivity contribution >= 4 is 5.69 Å². The molecule has 0 aliphatic heterocycles. The van der Waals surface area contributed by atoms with E-state index in [2.05, 4.69) is 65.9 Å². The van der Waals surface area contributed by atoms with E-state index in [9.17, 15) is 0 Å². The molecule has 4 rings (SSSR count). The third-order valence-electron chi connectivity index (χ3n) is 6.06. The minimum Gasteiger partial charge on any atom is -0.497 e. The van der Waals surface area contributed by atoms with E-state index in [0.717, 1.165) is 48.6 Å². The second-order valence-corrected chi connectivity index (χ2v) is 8.33. The third-order valence-corrected chi connectivity index (χ3v) is 6.06. The zero-order valence-corrected chi connectivity index (χ0v) is 17.6. The van der Waals surface area contributed by atoms with Crippen LogP contribution in [0.1, 0.15) is 49.6 Å². The van der Waals surface area contributed by atoms with Crippen molar-refractivity contribution in [3.05, 3.63) is 59.4 Å². The van der Waals surface area contributed by atoms with Crippen molar-refractivity contribution in [3.8, 4) is 11.4 Å². The van der Waals surface area contributed by atoms with Gasteiger partial charge in [0.25, 0.3) is 0 Å². The number of nitrogens with one attached hydrogen (secondary N) is 1. The van der Waals surface area contributed by atoms with Crippen LogP contribution in [0.2, 0.25) is 0 Å². The topological polar surface area (TPSA) is 64.9 Å². The summed E-state index contributed by atoms with van der Waals surface area (Å²) in [4.78, 5) is 0. The number of benzene rings is 2. The molecule has 0 bridgehead atoms. The summed E-state index contributed by atoms with van der Waals surface area (Å²) >= 11 is 0. The Morgan fingerprint density at radius 1 is 1.10 bits per heavy atom. The summed E-state index contributed by atoms with van der Waals surface area (Å²) in [6.07, 6.45) is 4.24. The Hall–Kier alpha value is -2.89. The molecule has 0 atom stereocenters. The molecule has 152 valence electrons. The number of aromatic nitrogens is 4. The van der Waals surface area contributed by atoms with Crippen LogP contribution < -0.4 is 10.1 Å².